The molecule has 2 aliphatic rings. The van der Waals surface area contributed by atoms with E-state index in [1.165, 1.54) is 20.3 Å². The van der Waals surface area contributed by atoms with Gasteiger partial charge in [0.2, 0.25) is 5.72 Å². The predicted molar refractivity (Wildman–Crippen MR) is 117 cm³/mol. The van der Waals surface area contributed by atoms with Crippen molar-refractivity contribution >= 4 is 23.7 Å². The number of nitrogens with zero attached hydrogens (tertiary/aromatic N) is 1. The highest BCUT2D eigenvalue weighted by atomic mass is 16.7. The molecule has 1 atom stereocenters. The average molecular weight is 439 g/mol. The maximum absolute atomic E-state index is 11.7. The minimum atomic E-state index is -1.07. The van der Waals surface area contributed by atoms with E-state index in [9.17, 15) is 19.8 Å². The summed E-state index contributed by atoms with van der Waals surface area (Å²) in [6, 6.07) is 8.07. The molecule has 4 rings (SSSR count). The van der Waals surface area contributed by atoms with Gasteiger partial charge in [0.05, 0.1) is 22.1 Å². The Hall–Kier alpha value is -3.36. The summed E-state index contributed by atoms with van der Waals surface area (Å²) in [4.78, 5) is 25.2. The maximum atomic E-state index is 11.7. The van der Waals surface area contributed by atoms with Gasteiger partial charge in [-0.2, -0.15) is 0 Å². The van der Waals surface area contributed by atoms with Crippen LogP contribution in [0.1, 0.15) is 57.5 Å². The topological polar surface area (TPSA) is 106 Å². The van der Waals surface area contributed by atoms with E-state index in [0.29, 0.717) is 16.9 Å². The van der Waals surface area contributed by atoms with E-state index in [-0.39, 0.29) is 11.1 Å². The number of methoxy groups -OCH3 is 2. The summed E-state index contributed by atoms with van der Waals surface area (Å²) in [5, 5.41) is 19.0. The fourth-order valence-corrected chi connectivity index (χ4v) is 4.73. The number of benzene rings is 2. The van der Waals surface area contributed by atoms with E-state index >= 15 is 0 Å². The van der Waals surface area contributed by atoms with Gasteiger partial charge in [-0.05, 0) is 61.9 Å². The predicted octanol–water partition coefficient (Wildman–Crippen LogP) is 3.90. The molecule has 2 heterocycles. The van der Waals surface area contributed by atoms with Gasteiger partial charge in [0, 0.05) is 32.5 Å². The molecule has 0 radical (unpaired) electrons. The normalized spacial score (nSPS) is 20.2. The Bertz CT molecular complexity index is 1150. The van der Waals surface area contributed by atoms with Crippen LogP contribution in [0.25, 0.3) is 6.08 Å². The molecule has 0 aromatic heterocycles. The van der Waals surface area contributed by atoms with Gasteiger partial charge in [0.1, 0.15) is 5.75 Å². The lowest BCUT2D eigenvalue weighted by atomic mass is 9.76. The maximum Gasteiger partial charge on any atom is 0.335 e. The molecule has 1 spiro atoms. The molecule has 32 heavy (non-hydrogen) atoms. The number of carboxylic acid groups (broad SMARTS) is 2. The van der Waals surface area contributed by atoms with Gasteiger partial charge in [-0.25, -0.2) is 9.59 Å². The molecule has 0 aliphatic carbocycles. The van der Waals surface area contributed by atoms with E-state index in [1.54, 1.807) is 24.3 Å². The number of fused-ring (bicyclic) bond motifs is 2. The Balaban J connectivity index is 1.90. The van der Waals surface area contributed by atoms with E-state index in [2.05, 4.69) is 0 Å². The molecule has 168 valence electrons. The van der Waals surface area contributed by atoms with Crippen LogP contribution >= 0.6 is 0 Å². The highest BCUT2D eigenvalue weighted by molar-refractivity contribution is 5.91. The minimum Gasteiger partial charge on any atom is -0.478 e. The van der Waals surface area contributed by atoms with Gasteiger partial charge in [-0.15, -0.1) is 0 Å². The zero-order valence-electron chi connectivity index (χ0n) is 18.5. The van der Waals surface area contributed by atoms with Crippen LogP contribution in [0.5, 0.6) is 5.75 Å². The molecule has 0 bridgehead atoms. The molecule has 2 aromatic rings. The third-order valence-electron chi connectivity index (χ3n) is 6.49. The molecule has 2 N–H and O–H groups in total. The fourth-order valence-electron chi connectivity index (χ4n) is 4.73. The molecular weight excluding hydrogens is 414 g/mol. The number of anilines is 1. The number of rotatable bonds is 5. The van der Waals surface area contributed by atoms with Crippen molar-refractivity contribution in [3.05, 3.63) is 64.2 Å². The van der Waals surface area contributed by atoms with Crippen molar-refractivity contribution < 1.29 is 34.0 Å². The first kappa shape index (κ1) is 21.9. The van der Waals surface area contributed by atoms with Gasteiger partial charge < -0.3 is 29.3 Å². The summed E-state index contributed by atoms with van der Waals surface area (Å²) in [6.07, 6.45) is 2.89. The number of hydrogen-bond donors (Lipinski definition) is 2. The molecule has 2 aliphatic heterocycles. The minimum absolute atomic E-state index is 0.0930. The number of hydrogen-bond acceptors (Lipinski definition) is 6. The summed E-state index contributed by atoms with van der Waals surface area (Å²) in [6.45, 7) is 3.98. The van der Waals surface area contributed by atoms with Crippen molar-refractivity contribution in [2.75, 3.05) is 26.2 Å². The van der Waals surface area contributed by atoms with Crippen molar-refractivity contribution in [3.8, 4) is 5.75 Å². The first-order valence-corrected chi connectivity index (χ1v) is 10.0. The average Bonchev–Trinajstić information content (AvgIpc) is 2.92. The first-order chi connectivity index (χ1) is 15.1. The molecule has 1 unspecified atom stereocenters. The van der Waals surface area contributed by atoms with Crippen LogP contribution in [0, 0.1) is 0 Å². The fraction of sp³-hybridized carbons (Fsp3) is 0.333. The van der Waals surface area contributed by atoms with Crippen LogP contribution in [-0.4, -0.2) is 49.1 Å². The second-order valence-corrected chi connectivity index (χ2v) is 8.45. The van der Waals surface area contributed by atoms with E-state index in [4.69, 9.17) is 14.2 Å². The lowest BCUT2D eigenvalue weighted by molar-refractivity contribution is -0.108. The highest BCUT2D eigenvalue weighted by Gasteiger charge is 2.58. The summed E-state index contributed by atoms with van der Waals surface area (Å²) < 4.78 is 17.5. The molecule has 8 heteroatoms. The van der Waals surface area contributed by atoms with Crippen molar-refractivity contribution in [2.24, 2.45) is 0 Å². The third kappa shape index (κ3) is 2.91. The number of likely N-dealkylation sites (N-methyl/N-ethyl adjacent to an activating group) is 1. The third-order valence-corrected chi connectivity index (χ3v) is 6.49. The zero-order chi connectivity index (χ0) is 23.4. The summed E-state index contributed by atoms with van der Waals surface area (Å²) in [5.74, 6) is -1.61. The van der Waals surface area contributed by atoms with Crippen molar-refractivity contribution in [3.63, 3.8) is 0 Å². The molecule has 8 nitrogen and oxygen atoms in total. The van der Waals surface area contributed by atoms with Gasteiger partial charge in [0.15, 0.2) is 6.29 Å². The second kappa shape index (κ2) is 7.36. The van der Waals surface area contributed by atoms with Crippen molar-refractivity contribution in [1.29, 1.82) is 0 Å². The van der Waals surface area contributed by atoms with Gasteiger partial charge >= 0.3 is 11.9 Å². The quantitative estimate of drug-likeness (QED) is 0.676. The molecule has 0 saturated heterocycles. The van der Waals surface area contributed by atoms with Crippen LogP contribution in [0.3, 0.4) is 0 Å². The Labute approximate surface area is 185 Å². The monoisotopic (exact) mass is 439 g/mol. The molecule has 0 fully saturated rings. The lowest BCUT2D eigenvalue weighted by Gasteiger charge is -2.46. The molecular formula is C24H25NO7. The molecule has 2 aromatic carbocycles. The van der Waals surface area contributed by atoms with Gasteiger partial charge in [-0.3, -0.25) is 0 Å². The van der Waals surface area contributed by atoms with Crippen LogP contribution in [0.15, 0.2) is 36.4 Å². The summed E-state index contributed by atoms with van der Waals surface area (Å²) in [7, 11) is 4.83. The van der Waals surface area contributed by atoms with Gasteiger partial charge in [-0.1, -0.05) is 0 Å². The van der Waals surface area contributed by atoms with Gasteiger partial charge in [0.25, 0.3) is 0 Å². The zero-order valence-corrected chi connectivity index (χ0v) is 18.5. The largest absolute Gasteiger partial charge is 0.478 e. The summed E-state index contributed by atoms with van der Waals surface area (Å²) >= 11 is 0. The number of carbonyl (C=O) groups is 2. The Morgan fingerprint density at radius 1 is 1.03 bits per heavy atom. The lowest BCUT2D eigenvalue weighted by Crippen LogP contribution is -2.58. The van der Waals surface area contributed by atoms with Crippen LogP contribution < -0.4 is 9.64 Å². The van der Waals surface area contributed by atoms with E-state index < -0.39 is 29.4 Å². The summed E-state index contributed by atoms with van der Waals surface area (Å²) in [5.41, 5.74) is 1.42. The van der Waals surface area contributed by atoms with Crippen LogP contribution in [-0.2, 0) is 14.9 Å². The molecule has 0 amide bonds. The molecule has 0 saturated carbocycles. The van der Waals surface area contributed by atoms with E-state index in [0.717, 1.165) is 11.3 Å². The smallest absolute Gasteiger partial charge is 0.335 e. The number of ether oxygens (including phenoxy) is 3. The second-order valence-electron chi connectivity index (χ2n) is 8.45. The van der Waals surface area contributed by atoms with E-state index in [1.807, 2.05) is 37.9 Å². The Morgan fingerprint density at radius 3 is 2.28 bits per heavy atom. The van der Waals surface area contributed by atoms with Crippen LogP contribution in [0.2, 0.25) is 0 Å². The Kier molecular flexibility index (Phi) is 5.02. The number of aromatic carboxylic acids is 2. The number of carboxylic acids is 2. The van der Waals surface area contributed by atoms with Crippen molar-refractivity contribution in [1.82, 2.24) is 0 Å². The Morgan fingerprint density at radius 2 is 1.69 bits per heavy atom. The first-order valence-electron chi connectivity index (χ1n) is 10.0. The standard InChI is InChI=1S/C24H25NO7/c1-23(2)17-12-14(20(26)27)6-7-18(17)25(3)24(23)9-8-13-10-15(21(28)29)11-16(19(13)32-24)22(30-4)31-5/h6-12,22H,1-5H3,(H,26,27)(H,28,29). The van der Waals surface area contributed by atoms with Crippen molar-refractivity contribution in [2.45, 2.75) is 31.3 Å². The van der Waals surface area contributed by atoms with Crippen LogP contribution in [0.4, 0.5) is 5.69 Å². The highest BCUT2D eigenvalue weighted by Crippen LogP contribution is 2.55. The SMILES string of the molecule is COC(OC)c1cc(C(=O)O)cc2c1OC1(C=C2)N(C)c2ccc(C(=O)O)cc2C1(C)C.